The number of aromatic nitrogens is 2. The van der Waals surface area contributed by atoms with Gasteiger partial charge in [-0.25, -0.2) is 9.97 Å². The lowest BCUT2D eigenvalue weighted by molar-refractivity contribution is -0.115. The molecule has 1 amide bonds. The molecule has 0 unspecified atom stereocenters. The summed E-state index contributed by atoms with van der Waals surface area (Å²) in [5.41, 5.74) is 0.215. The van der Waals surface area contributed by atoms with Gasteiger partial charge in [-0.05, 0) is 24.3 Å². The Morgan fingerprint density at radius 1 is 1.27 bits per heavy atom. The van der Waals surface area contributed by atoms with Gasteiger partial charge in [0.05, 0.1) is 18.4 Å². The van der Waals surface area contributed by atoms with Crippen LogP contribution in [0.3, 0.4) is 0 Å². The van der Waals surface area contributed by atoms with Crippen LogP contribution in [0.25, 0.3) is 11.3 Å². The van der Waals surface area contributed by atoms with E-state index in [9.17, 15) is 18.8 Å². The van der Waals surface area contributed by atoms with E-state index >= 15 is 0 Å². The zero-order valence-electron chi connectivity index (χ0n) is 13.6. The highest BCUT2D eigenvalue weighted by Gasteiger charge is 2.35. The molecule has 2 aromatic rings. The number of allylic oxidation sites excluding steroid dienone is 2. The number of ether oxygens (including phenoxy) is 1. The van der Waals surface area contributed by atoms with Crippen LogP contribution in [0.2, 0.25) is 0 Å². The second kappa shape index (κ2) is 6.67. The summed E-state index contributed by atoms with van der Waals surface area (Å²) < 4.78 is 18.3. The van der Waals surface area contributed by atoms with Gasteiger partial charge in [-0.2, -0.15) is 4.39 Å². The fourth-order valence-corrected chi connectivity index (χ4v) is 2.48. The Labute approximate surface area is 147 Å². The van der Waals surface area contributed by atoms with Gasteiger partial charge >= 0.3 is 0 Å². The summed E-state index contributed by atoms with van der Waals surface area (Å²) in [5.74, 6) is -2.96. The van der Waals surface area contributed by atoms with Crippen LogP contribution in [0.1, 0.15) is 20.8 Å². The molecule has 7 nitrogen and oxygen atoms in total. The maximum Gasteiger partial charge on any atom is 0.247 e. The van der Waals surface area contributed by atoms with E-state index in [0.717, 1.165) is 12.1 Å². The predicted octanol–water partition coefficient (Wildman–Crippen LogP) is 1.82. The molecule has 0 atom stereocenters. The van der Waals surface area contributed by atoms with E-state index in [0.29, 0.717) is 5.56 Å². The number of ketones is 2. The number of hydrogen-bond acceptors (Lipinski definition) is 6. The molecule has 2 heterocycles. The Kier molecular flexibility index (Phi) is 4.40. The van der Waals surface area contributed by atoms with Crippen molar-refractivity contribution in [2.75, 3.05) is 7.11 Å². The number of Topliss-reactive ketones (excluding diaryl/α,β-unsaturated/α-hetero) is 2. The van der Waals surface area contributed by atoms with Crippen LogP contribution < -0.4 is 5.32 Å². The molecule has 0 saturated carbocycles. The number of pyridine rings is 2. The monoisotopic (exact) mass is 353 g/mol. The zero-order chi connectivity index (χ0) is 18.8. The van der Waals surface area contributed by atoms with Crippen molar-refractivity contribution < 1.29 is 23.5 Å². The first kappa shape index (κ1) is 17.2. The Bertz CT molecular complexity index is 998. The van der Waals surface area contributed by atoms with E-state index in [2.05, 4.69) is 21.9 Å². The summed E-state index contributed by atoms with van der Waals surface area (Å²) in [4.78, 5) is 44.5. The maximum absolute atomic E-state index is 13.3. The molecule has 1 N–H and O–H groups in total. The third-order valence-corrected chi connectivity index (χ3v) is 3.68. The summed E-state index contributed by atoms with van der Waals surface area (Å²) in [6.07, 6.45) is 2.22. The molecule has 0 spiro atoms. The number of carbonyl (C=O) groups excluding carboxylic acids is 3. The zero-order valence-corrected chi connectivity index (χ0v) is 13.6. The van der Waals surface area contributed by atoms with Crippen molar-refractivity contribution in [2.24, 2.45) is 0 Å². The minimum atomic E-state index is -0.704. The average molecular weight is 353 g/mol. The van der Waals surface area contributed by atoms with Crippen LogP contribution in [-0.4, -0.2) is 34.6 Å². The lowest BCUT2D eigenvalue weighted by Gasteiger charge is -2.19. The number of fused-ring (bicyclic) bond motifs is 1. The van der Waals surface area contributed by atoms with Gasteiger partial charge in [0.2, 0.25) is 23.4 Å². The van der Waals surface area contributed by atoms with Crippen molar-refractivity contribution in [3.05, 3.63) is 71.8 Å². The van der Waals surface area contributed by atoms with Gasteiger partial charge in [0.1, 0.15) is 11.4 Å². The van der Waals surface area contributed by atoms with Crippen molar-refractivity contribution in [1.82, 2.24) is 15.3 Å². The number of rotatable bonds is 4. The molecular formula is C18H12FN3O4. The molecule has 26 heavy (non-hydrogen) atoms. The average Bonchev–Trinajstić information content (AvgIpc) is 2.65. The van der Waals surface area contributed by atoms with Crippen molar-refractivity contribution in [3.8, 4) is 11.3 Å². The minimum Gasteiger partial charge on any atom is -0.491 e. The molecule has 1 aliphatic rings. The van der Waals surface area contributed by atoms with Crippen molar-refractivity contribution >= 4 is 17.5 Å². The first-order valence-corrected chi connectivity index (χ1v) is 7.40. The standard InChI is InChI=1S/C18H12FN3O4/c1-3-13(23)22-15-17(25)14-10(16(24)18(15)26-2)4-5-11(21-14)9-6-7-20-12(19)8-9/h3-8H,1H2,2H3,(H,22,23). The normalized spacial score (nSPS) is 13.3. The number of methoxy groups -OCH3 is 1. The van der Waals surface area contributed by atoms with Gasteiger partial charge in [-0.3, -0.25) is 14.4 Å². The molecule has 0 radical (unpaired) electrons. The van der Waals surface area contributed by atoms with Crippen LogP contribution in [0, 0.1) is 5.95 Å². The molecule has 0 aromatic carbocycles. The molecule has 8 heteroatoms. The topological polar surface area (TPSA) is 98.2 Å². The largest absolute Gasteiger partial charge is 0.491 e. The summed E-state index contributed by atoms with van der Waals surface area (Å²) in [5, 5.41) is 2.28. The first-order chi connectivity index (χ1) is 12.5. The van der Waals surface area contributed by atoms with E-state index in [1.165, 1.54) is 31.5 Å². The third kappa shape index (κ3) is 2.88. The van der Waals surface area contributed by atoms with E-state index < -0.39 is 23.4 Å². The first-order valence-electron chi connectivity index (χ1n) is 7.40. The Hall–Kier alpha value is -3.68. The summed E-state index contributed by atoms with van der Waals surface area (Å²) in [6, 6.07) is 5.56. The van der Waals surface area contributed by atoms with Crippen LogP contribution in [0.4, 0.5) is 4.39 Å². The highest BCUT2D eigenvalue weighted by atomic mass is 19.1. The quantitative estimate of drug-likeness (QED) is 0.665. The molecular weight excluding hydrogens is 341 g/mol. The number of nitrogens with one attached hydrogen (secondary N) is 1. The number of amides is 1. The van der Waals surface area contributed by atoms with Gasteiger partial charge in [0, 0.05) is 17.8 Å². The minimum absolute atomic E-state index is 0.0294. The highest BCUT2D eigenvalue weighted by Crippen LogP contribution is 2.27. The molecule has 130 valence electrons. The lowest BCUT2D eigenvalue weighted by atomic mass is 9.94. The SMILES string of the molecule is C=CC(=O)NC1=C(OC)C(=O)c2ccc(-c3ccnc(F)c3)nc2C1=O. The van der Waals surface area contributed by atoms with E-state index in [1.54, 1.807) is 0 Å². The number of halogens is 1. The lowest BCUT2D eigenvalue weighted by Crippen LogP contribution is -2.34. The molecule has 0 aliphatic heterocycles. The van der Waals surface area contributed by atoms with Gasteiger partial charge in [-0.1, -0.05) is 6.58 Å². The van der Waals surface area contributed by atoms with Gasteiger partial charge < -0.3 is 10.1 Å². The number of hydrogen-bond donors (Lipinski definition) is 1. The summed E-state index contributed by atoms with van der Waals surface area (Å²) in [7, 11) is 1.22. The van der Waals surface area contributed by atoms with E-state index in [-0.39, 0.29) is 28.4 Å². The van der Waals surface area contributed by atoms with E-state index in [1.807, 2.05) is 0 Å². The highest BCUT2D eigenvalue weighted by molar-refractivity contribution is 6.26. The predicted molar refractivity (Wildman–Crippen MR) is 88.5 cm³/mol. The maximum atomic E-state index is 13.3. The van der Waals surface area contributed by atoms with Crippen LogP contribution in [0.5, 0.6) is 0 Å². The molecule has 1 aliphatic carbocycles. The Morgan fingerprint density at radius 2 is 2.04 bits per heavy atom. The summed E-state index contributed by atoms with van der Waals surface area (Å²) >= 11 is 0. The number of carbonyl (C=O) groups is 3. The second-order valence-electron chi connectivity index (χ2n) is 5.22. The van der Waals surface area contributed by atoms with Crippen LogP contribution in [0.15, 0.2) is 54.6 Å². The van der Waals surface area contributed by atoms with Crippen molar-refractivity contribution in [2.45, 2.75) is 0 Å². The van der Waals surface area contributed by atoms with Gasteiger partial charge in [0.15, 0.2) is 5.76 Å². The Balaban J connectivity index is 2.12. The van der Waals surface area contributed by atoms with Gasteiger partial charge in [0.25, 0.3) is 0 Å². The van der Waals surface area contributed by atoms with E-state index in [4.69, 9.17) is 4.74 Å². The fourth-order valence-electron chi connectivity index (χ4n) is 2.48. The van der Waals surface area contributed by atoms with Crippen molar-refractivity contribution in [3.63, 3.8) is 0 Å². The fraction of sp³-hybridized carbons (Fsp3) is 0.0556. The Morgan fingerprint density at radius 3 is 2.69 bits per heavy atom. The van der Waals surface area contributed by atoms with Crippen LogP contribution >= 0.6 is 0 Å². The number of nitrogens with zero attached hydrogens (tertiary/aromatic N) is 2. The smallest absolute Gasteiger partial charge is 0.247 e. The molecule has 0 bridgehead atoms. The molecule has 0 fully saturated rings. The van der Waals surface area contributed by atoms with Crippen molar-refractivity contribution in [1.29, 1.82) is 0 Å². The molecule has 3 rings (SSSR count). The third-order valence-electron chi connectivity index (χ3n) is 3.68. The second-order valence-corrected chi connectivity index (χ2v) is 5.22. The molecule has 0 saturated heterocycles. The molecule has 2 aromatic heterocycles. The summed E-state index contributed by atoms with van der Waals surface area (Å²) in [6.45, 7) is 3.30. The van der Waals surface area contributed by atoms with Gasteiger partial charge in [-0.15, -0.1) is 0 Å². The van der Waals surface area contributed by atoms with Crippen LogP contribution in [-0.2, 0) is 9.53 Å².